The first-order valence-corrected chi connectivity index (χ1v) is 5.94. The van der Waals surface area contributed by atoms with Crippen LogP contribution in [-0.4, -0.2) is 58.5 Å². The maximum Gasteiger partial charge on any atom is 0.646 e. The zero-order valence-corrected chi connectivity index (χ0v) is 12.5. The summed E-state index contributed by atoms with van der Waals surface area (Å²) in [4.78, 5) is 0. The van der Waals surface area contributed by atoms with Gasteiger partial charge in [0.1, 0.15) is 0 Å². The Hall–Kier alpha value is -0.805. The molecule has 16 heteroatoms. The maximum atomic E-state index is 12.5. The van der Waals surface area contributed by atoms with Crippen molar-refractivity contribution in [2.75, 3.05) is 0 Å². The van der Waals surface area contributed by atoms with Gasteiger partial charge in [0, 0.05) is 0 Å². The van der Waals surface area contributed by atoms with Gasteiger partial charge in [0.05, 0.1) is 0 Å². The summed E-state index contributed by atoms with van der Waals surface area (Å²) < 4.78 is 123. The summed E-state index contributed by atoms with van der Waals surface area (Å²) in [6.45, 7) is -0.591. The Bertz CT molecular complexity index is 389. The quantitative estimate of drug-likeness (QED) is 0.360. The van der Waals surface area contributed by atoms with Crippen molar-refractivity contribution in [3.8, 4) is 0 Å². The second kappa shape index (κ2) is 6.73. The number of hydrogen-bond acceptors (Lipinski definition) is 6. The number of rotatable bonds is 6. The molecule has 6 nitrogen and oxygen atoms in total. The highest BCUT2D eigenvalue weighted by atomic mass is 19.4. The van der Waals surface area contributed by atoms with Crippen molar-refractivity contribution < 1.29 is 68.8 Å². The molecular formula is C9H12BF9O6. The summed E-state index contributed by atoms with van der Waals surface area (Å²) in [5.74, 6) is -13.1. The van der Waals surface area contributed by atoms with Crippen molar-refractivity contribution in [2.24, 2.45) is 0 Å². The van der Waals surface area contributed by atoms with Crippen LogP contribution in [0, 0.1) is 0 Å². The van der Waals surface area contributed by atoms with E-state index in [1.54, 1.807) is 0 Å². The summed E-state index contributed by atoms with van der Waals surface area (Å²) in [6, 6.07) is 0. The van der Waals surface area contributed by atoms with E-state index in [-0.39, 0.29) is 20.8 Å². The molecule has 3 atom stereocenters. The van der Waals surface area contributed by atoms with Crippen molar-refractivity contribution in [3.63, 3.8) is 0 Å². The Morgan fingerprint density at radius 3 is 0.800 bits per heavy atom. The van der Waals surface area contributed by atoms with Gasteiger partial charge in [0.15, 0.2) is 0 Å². The summed E-state index contributed by atoms with van der Waals surface area (Å²) >= 11 is 0. The maximum absolute atomic E-state index is 12.5. The summed E-state index contributed by atoms with van der Waals surface area (Å²) in [6.07, 6.45) is -17.1. The van der Waals surface area contributed by atoms with Crippen LogP contribution in [0.25, 0.3) is 0 Å². The molecule has 3 unspecified atom stereocenters. The average Bonchev–Trinajstić information content (AvgIpc) is 2.21. The third-order valence-corrected chi connectivity index (χ3v) is 2.56. The standard InChI is InChI=1S/C9H12BF9O6/c1-4(20,7(11,12)13)23-10(24-5(2,21)8(14,15)16)25-6(3,22)9(17,18)19/h20-22H,1-3H3. The van der Waals surface area contributed by atoms with Gasteiger partial charge in [0.25, 0.3) is 17.4 Å². The molecule has 0 aromatic rings. The van der Waals surface area contributed by atoms with Crippen LogP contribution in [0.4, 0.5) is 39.5 Å². The number of hydrogen-bond donors (Lipinski definition) is 3. The second-order valence-corrected chi connectivity index (χ2v) is 5.08. The fraction of sp³-hybridized carbons (Fsp3) is 1.00. The van der Waals surface area contributed by atoms with E-state index in [4.69, 9.17) is 15.3 Å². The molecule has 0 fully saturated rings. The third-order valence-electron chi connectivity index (χ3n) is 2.56. The predicted octanol–water partition coefficient (Wildman–Crippen LogP) is 1.83. The van der Waals surface area contributed by atoms with E-state index < -0.39 is 43.2 Å². The average molecular weight is 398 g/mol. The van der Waals surface area contributed by atoms with Crippen LogP contribution < -0.4 is 0 Å². The van der Waals surface area contributed by atoms with Gasteiger partial charge in [-0.1, -0.05) is 0 Å². The molecule has 0 heterocycles. The van der Waals surface area contributed by atoms with Gasteiger partial charge in [-0.3, -0.25) is 0 Å². The van der Waals surface area contributed by atoms with Crippen LogP contribution in [-0.2, 0) is 14.0 Å². The highest BCUT2D eigenvalue weighted by Gasteiger charge is 2.62. The molecule has 3 N–H and O–H groups in total. The summed E-state index contributed by atoms with van der Waals surface area (Å²) in [7, 11) is -3.65. The second-order valence-electron chi connectivity index (χ2n) is 5.08. The Balaban J connectivity index is 5.70. The Kier molecular flexibility index (Phi) is 6.52. The first kappa shape index (κ1) is 24.2. The lowest BCUT2D eigenvalue weighted by Gasteiger charge is -2.36. The van der Waals surface area contributed by atoms with Crippen molar-refractivity contribution in [3.05, 3.63) is 0 Å². The highest BCUT2D eigenvalue weighted by molar-refractivity contribution is 6.36. The highest BCUT2D eigenvalue weighted by Crippen LogP contribution is 2.38. The SMILES string of the molecule is CC(O)(OB(OC(C)(O)C(F)(F)F)OC(C)(O)C(F)(F)F)C(F)(F)F. The van der Waals surface area contributed by atoms with Crippen molar-refractivity contribution >= 4 is 7.32 Å². The van der Waals surface area contributed by atoms with Gasteiger partial charge in [-0.15, -0.1) is 0 Å². The molecule has 0 aliphatic carbocycles. The number of aliphatic hydroxyl groups is 3. The van der Waals surface area contributed by atoms with Gasteiger partial charge in [0.2, 0.25) is 0 Å². The number of halogens is 9. The van der Waals surface area contributed by atoms with Gasteiger partial charge in [-0.25, -0.2) is 0 Å². The van der Waals surface area contributed by atoms with Crippen LogP contribution in [0.2, 0.25) is 0 Å². The van der Waals surface area contributed by atoms with Crippen LogP contribution in [0.3, 0.4) is 0 Å². The molecule has 0 saturated carbocycles. The van der Waals surface area contributed by atoms with Crippen molar-refractivity contribution in [1.29, 1.82) is 0 Å². The van der Waals surface area contributed by atoms with Crippen LogP contribution >= 0.6 is 0 Å². The smallest absolute Gasteiger partial charge is 0.360 e. The molecule has 150 valence electrons. The first-order chi connectivity index (χ1) is 10.5. The molecule has 0 aromatic carbocycles. The van der Waals surface area contributed by atoms with E-state index >= 15 is 0 Å². The summed E-state index contributed by atoms with van der Waals surface area (Å²) in [5.41, 5.74) is 0. The minimum Gasteiger partial charge on any atom is -0.360 e. The lowest BCUT2D eigenvalue weighted by Crippen LogP contribution is -2.59. The lowest BCUT2D eigenvalue weighted by atomic mass is 10.1. The van der Waals surface area contributed by atoms with Gasteiger partial charge in [-0.2, -0.15) is 39.5 Å². The van der Waals surface area contributed by atoms with E-state index in [9.17, 15) is 39.5 Å². The molecular weight excluding hydrogens is 386 g/mol. The van der Waals surface area contributed by atoms with Crippen LogP contribution in [0.5, 0.6) is 0 Å². The van der Waals surface area contributed by atoms with Gasteiger partial charge in [-0.05, 0) is 20.8 Å². The van der Waals surface area contributed by atoms with E-state index in [1.807, 2.05) is 0 Å². The molecule has 0 amide bonds. The molecule has 0 aliphatic rings. The molecule has 0 spiro atoms. The van der Waals surface area contributed by atoms with E-state index in [1.165, 1.54) is 0 Å². The fourth-order valence-electron chi connectivity index (χ4n) is 0.835. The normalized spacial score (nSPS) is 21.2. The zero-order chi connectivity index (χ0) is 20.7. The molecule has 0 rings (SSSR count). The molecule has 0 aromatic heterocycles. The zero-order valence-electron chi connectivity index (χ0n) is 12.5. The summed E-state index contributed by atoms with van der Waals surface area (Å²) in [5, 5.41) is 27.0. The fourth-order valence-corrected chi connectivity index (χ4v) is 0.835. The predicted molar refractivity (Wildman–Crippen MR) is 59.0 cm³/mol. The lowest BCUT2D eigenvalue weighted by molar-refractivity contribution is -0.380. The van der Waals surface area contributed by atoms with Gasteiger partial charge < -0.3 is 29.3 Å². The Morgan fingerprint density at radius 1 is 0.520 bits per heavy atom. The van der Waals surface area contributed by atoms with Crippen molar-refractivity contribution in [2.45, 2.75) is 56.7 Å². The van der Waals surface area contributed by atoms with E-state index in [0.29, 0.717) is 0 Å². The first-order valence-electron chi connectivity index (χ1n) is 5.94. The van der Waals surface area contributed by atoms with E-state index in [0.717, 1.165) is 0 Å². The molecule has 0 saturated heterocycles. The minimum absolute atomic E-state index is 0.197. The topological polar surface area (TPSA) is 88.4 Å². The van der Waals surface area contributed by atoms with Gasteiger partial charge >= 0.3 is 25.9 Å². The Labute approximate surface area is 134 Å². The molecule has 25 heavy (non-hydrogen) atoms. The molecule has 0 aliphatic heterocycles. The van der Waals surface area contributed by atoms with Crippen LogP contribution in [0.15, 0.2) is 0 Å². The van der Waals surface area contributed by atoms with E-state index in [2.05, 4.69) is 14.0 Å². The largest absolute Gasteiger partial charge is 0.646 e. The monoisotopic (exact) mass is 398 g/mol. The Morgan fingerprint density at radius 2 is 0.680 bits per heavy atom. The van der Waals surface area contributed by atoms with Crippen molar-refractivity contribution in [1.82, 2.24) is 0 Å². The van der Waals surface area contributed by atoms with Crippen LogP contribution in [0.1, 0.15) is 20.8 Å². The molecule has 0 radical (unpaired) electrons. The third kappa shape index (κ3) is 6.14. The molecule has 0 bridgehead atoms. The number of alkyl halides is 9. The minimum atomic E-state index is -5.72.